The van der Waals surface area contributed by atoms with Gasteiger partial charge in [0.25, 0.3) is 5.88 Å². The molecule has 3 N–H and O–H groups in total. The third-order valence-corrected chi connectivity index (χ3v) is 1.82. The SMILES string of the molecule is COc1cc(C(CN)CC(=O)O)on1. The number of methoxy groups -OCH3 is 1. The molecule has 1 aromatic rings. The highest BCUT2D eigenvalue weighted by atomic mass is 16.5. The lowest BCUT2D eigenvalue weighted by atomic mass is 10.0. The maximum Gasteiger partial charge on any atom is 0.304 e. The average Bonchev–Trinajstić information content (AvgIpc) is 2.62. The van der Waals surface area contributed by atoms with E-state index in [-0.39, 0.29) is 18.9 Å². The molecule has 14 heavy (non-hydrogen) atoms. The summed E-state index contributed by atoms with van der Waals surface area (Å²) in [6.07, 6.45) is -0.0746. The maximum absolute atomic E-state index is 10.5. The third kappa shape index (κ3) is 2.46. The van der Waals surface area contributed by atoms with E-state index in [0.717, 1.165) is 0 Å². The fourth-order valence-electron chi connectivity index (χ4n) is 1.07. The summed E-state index contributed by atoms with van der Waals surface area (Å²) >= 11 is 0. The largest absolute Gasteiger partial charge is 0.481 e. The molecule has 0 spiro atoms. The first-order valence-corrected chi connectivity index (χ1v) is 4.09. The van der Waals surface area contributed by atoms with Crippen molar-refractivity contribution in [1.29, 1.82) is 0 Å². The van der Waals surface area contributed by atoms with Crippen LogP contribution in [0.2, 0.25) is 0 Å². The van der Waals surface area contributed by atoms with Crippen LogP contribution in [-0.4, -0.2) is 29.9 Å². The number of hydrogen-bond acceptors (Lipinski definition) is 5. The van der Waals surface area contributed by atoms with Crippen molar-refractivity contribution in [3.63, 3.8) is 0 Å². The number of carboxylic acid groups (broad SMARTS) is 1. The Balaban J connectivity index is 2.73. The van der Waals surface area contributed by atoms with Gasteiger partial charge in [-0.15, -0.1) is 0 Å². The monoisotopic (exact) mass is 200 g/mol. The summed E-state index contributed by atoms with van der Waals surface area (Å²) in [6, 6.07) is 1.54. The van der Waals surface area contributed by atoms with Gasteiger partial charge < -0.3 is 20.1 Å². The Bertz CT molecular complexity index is 310. The molecule has 78 valence electrons. The molecule has 0 saturated heterocycles. The standard InChI is InChI=1S/C8H12N2O4/c1-13-7-3-6(14-10-7)5(4-9)2-8(11)12/h3,5H,2,4,9H2,1H3,(H,11,12). The maximum atomic E-state index is 10.5. The van der Waals surface area contributed by atoms with Gasteiger partial charge in [-0.05, 0) is 5.16 Å². The summed E-state index contributed by atoms with van der Waals surface area (Å²) in [5, 5.41) is 12.2. The zero-order valence-corrected chi connectivity index (χ0v) is 7.77. The molecule has 1 atom stereocenters. The van der Waals surface area contributed by atoms with Crippen LogP contribution in [0.3, 0.4) is 0 Å². The predicted octanol–water partition coefficient (Wildman–Crippen LogP) is 0.200. The zero-order chi connectivity index (χ0) is 10.6. The minimum Gasteiger partial charge on any atom is -0.481 e. The van der Waals surface area contributed by atoms with Gasteiger partial charge in [0.1, 0.15) is 5.76 Å². The number of nitrogens with zero attached hydrogens (tertiary/aromatic N) is 1. The first-order chi connectivity index (χ1) is 6.67. The Morgan fingerprint density at radius 2 is 2.57 bits per heavy atom. The van der Waals surface area contributed by atoms with E-state index in [1.807, 2.05) is 0 Å². The Hall–Kier alpha value is -1.56. The van der Waals surface area contributed by atoms with Crippen LogP contribution in [0, 0.1) is 0 Å². The van der Waals surface area contributed by atoms with Gasteiger partial charge in [-0.2, -0.15) is 0 Å². The number of hydrogen-bond donors (Lipinski definition) is 2. The Kier molecular flexibility index (Phi) is 3.47. The second-order valence-electron chi connectivity index (χ2n) is 2.80. The molecule has 6 nitrogen and oxygen atoms in total. The lowest BCUT2D eigenvalue weighted by Gasteiger charge is -2.06. The molecular weight excluding hydrogens is 188 g/mol. The molecule has 0 aliphatic heterocycles. The fraction of sp³-hybridized carbons (Fsp3) is 0.500. The number of carboxylic acids is 1. The van der Waals surface area contributed by atoms with E-state index in [2.05, 4.69) is 5.16 Å². The average molecular weight is 200 g/mol. The fourth-order valence-corrected chi connectivity index (χ4v) is 1.07. The lowest BCUT2D eigenvalue weighted by molar-refractivity contribution is -0.137. The highest BCUT2D eigenvalue weighted by Gasteiger charge is 2.19. The third-order valence-electron chi connectivity index (χ3n) is 1.82. The summed E-state index contributed by atoms with van der Waals surface area (Å²) in [4.78, 5) is 10.5. The van der Waals surface area contributed by atoms with Crippen LogP contribution >= 0.6 is 0 Å². The number of rotatable bonds is 5. The van der Waals surface area contributed by atoms with Crippen LogP contribution < -0.4 is 10.5 Å². The first-order valence-electron chi connectivity index (χ1n) is 4.09. The van der Waals surface area contributed by atoms with E-state index < -0.39 is 5.97 Å². The van der Waals surface area contributed by atoms with Crippen molar-refractivity contribution >= 4 is 5.97 Å². The van der Waals surface area contributed by atoms with Crippen molar-refractivity contribution in [2.24, 2.45) is 5.73 Å². The van der Waals surface area contributed by atoms with Crippen LogP contribution in [0.15, 0.2) is 10.6 Å². The number of carbonyl (C=O) groups is 1. The highest BCUT2D eigenvalue weighted by molar-refractivity contribution is 5.67. The number of nitrogens with two attached hydrogens (primary N) is 1. The summed E-state index contributed by atoms with van der Waals surface area (Å²) in [5.74, 6) is -0.518. The number of ether oxygens (including phenoxy) is 1. The molecular formula is C8H12N2O4. The van der Waals surface area contributed by atoms with E-state index in [0.29, 0.717) is 11.6 Å². The molecule has 6 heteroatoms. The molecule has 1 rings (SSSR count). The highest BCUT2D eigenvalue weighted by Crippen LogP contribution is 2.22. The minimum atomic E-state index is -0.921. The first kappa shape index (κ1) is 10.5. The normalized spacial score (nSPS) is 12.4. The predicted molar refractivity (Wildman–Crippen MR) is 47.1 cm³/mol. The molecule has 0 saturated carbocycles. The Morgan fingerprint density at radius 3 is 3.00 bits per heavy atom. The van der Waals surface area contributed by atoms with Crippen molar-refractivity contribution in [2.45, 2.75) is 12.3 Å². The van der Waals surface area contributed by atoms with Gasteiger partial charge in [-0.1, -0.05) is 0 Å². The van der Waals surface area contributed by atoms with Gasteiger partial charge in [-0.25, -0.2) is 0 Å². The van der Waals surface area contributed by atoms with E-state index in [1.165, 1.54) is 7.11 Å². The van der Waals surface area contributed by atoms with Crippen molar-refractivity contribution in [1.82, 2.24) is 5.16 Å². The van der Waals surface area contributed by atoms with Crippen LogP contribution in [0.5, 0.6) is 5.88 Å². The molecule has 0 aromatic carbocycles. The summed E-state index contributed by atoms with van der Waals surface area (Å²) in [7, 11) is 1.45. The summed E-state index contributed by atoms with van der Waals surface area (Å²) in [6.45, 7) is 0.199. The molecule has 1 heterocycles. The summed E-state index contributed by atoms with van der Waals surface area (Å²) in [5.41, 5.74) is 5.41. The molecule has 0 aliphatic rings. The van der Waals surface area contributed by atoms with Gasteiger partial charge in [0.15, 0.2) is 0 Å². The van der Waals surface area contributed by atoms with Gasteiger partial charge in [0.05, 0.1) is 13.5 Å². The molecule has 0 aliphatic carbocycles. The van der Waals surface area contributed by atoms with Crippen molar-refractivity contribution in [2.75, 3.05) is 13.7 Å². The van der Waals surface area contributed by atoms with Gasteiger partial charge in [0.2, 0.25) is 0 Å². The second-order valence-corrected chi connectivity index (χ2v) is 2.80. The molecule has 1 unspecified atom stereocenters. The van der Waals surface area contributed by atoms with Gasteiger partial charge in [0, 0.05) is 18.5 Å². The van der Waals surface area contributed by atoms with E-state index in [1.54, 1.807) is 6.07 Å². The van der Waals surface area contributed by atoms with Gasteiger partial charge >= 0.3 is 5.97 Å². The van der Waals surface area contributed by atoms with E-state index in [9.17, 15) is 4.79 Å². The summed E-state index contributed by atoms with van der Waals surface area (Å²) < 4.78 is 9.69. The molecule has 0 bridgehead atoms. The molecule has 0 radical (unpaired) electrons. The van der Waals surface area contributed by atoms with Crippen LogP contribution in [0.1, 0.15) is 18.1 Å². The van der Waals surface area contributed by atoms with Crippen LogP contribution in [0.25, 0.3) is 0 Å². The zero-order valence-electron chi connectivity index (χ0n) is 7.77. The van der Waals surface area contributed by atoms with Crippen molar-refractivity contribution < 1.29 is 19.2 Å². The van der Waals surface area contributed by atoms with Crippen LogP contribution in [0.4, 0.5) is 0 Å². The Labute approximate surface area is 80.6 Å². The number of aromatic nitrogens is 1. The Morgan fingerprint density at radius 1 is 1.86 bits per heavy atom. The minimum absolute atomic E-state index is 0.0746. The van der Waals surface area contributed by atoms with Crippen molar-refractivity contribution in [3.8, 4) is 5.88 Å². The van der Waals surface area contributed by atoms with Crippen LogP contribution in [-0.2, 0) is 4.79 Å². The number of aliphatic carboxylic acids is 1. The van der Waals surface area contributed by atoms with Crippen molar-refractivity contribution in [3.05, 3.63) is 11.8 Å². The lowest BCUT2D eigenvalue weighted by Crippen LogP contribution is -2.15. The molecule has 0 fully saturated rings. The molecule has 1 aromatic heterocycles. The quantitative estimate of drug-likeness (QED) is 0.704. The van der Waals surface area contributed by atoms with Gasteiger partial charge in [-0.3, -0.25) is 4.79 Å². The topological polar surface area (TPSA) is 98.6 Å². The van der Waals surface area contributed by atoms with E-state index >= 15 is 0 Å². The van der Waals surface area contributed by atoms with E-state index in [4.69, 9.17) is 20.1 Å². The smallest absolute Gasteiger partial charge is 0.304 e. The second kappa shape index (κ2) is 4.61. The molecule has 0 amide bonds.